The van der Waals surface area contributed by atoms with Crippen LogP contribution in [0.4, 0.5) is 0 Å². The highest BCUT2D eigenvalue weighted by Crippen LogP contribution is 2.30. The molecule has 0 aliphatic carbocycles. The van der Waals surface area contributed by atoms with E-state index in [0.717, 1.165) is 37.8 Å². The minimum absolute atomic E-state index is 0.0449. The van der Waals surface area contributed by atoms with Crippen molar-refractivity contribution < 1.29 is 14.0 Å². The van der Waals surface area contributed by atoms with Crippen LogP contribution >= 0.6 is 0 Å². The standard InChI is InChI=1S/C16H32O3Si/c1-7-11-15(19-16(17)14(5)6)20(12-8-2,13-9-3)18-10-4/h15H,5,7-13H2,1-4,6H3. The van der Waals surface area contributed by atoms with E-state index in [1.54, 1.807) is 6.92 Å². The summed E-state index contributed by atoms with van der Waals surface area (Å²) in [6.45, 7) is 14.6. The molecular weight excluding hydrogens is 268 g/mol. The molecule has 0 heterocycles. The predicted octanol–water partition coefficient (Wildman–Crippen LogP) is 4.62. The monoisotopic (exact) mass is 300 g/mol. The summed E-state index contributed by atoms with van der Waals surface area (Å²) in [6.07, 6.45) is 4.06. The molecule has 0 rings (SSSR count). The largest absolute Gasteiger partial charge is 0.460 e. The lowest BCUT2D eigenvalue weighted by atomic mass is 10.3. The Labute approximate surface area is 125 Å². The van der Waals surface area contributed by atoms with Gasteiger partial charge in [-0.2, -0.15) is 0 Å². The Kier molecular flexibility index (Phi) is 9.85. The molecule has 0 aromatic rings. The Bertz CT molecular complexity index is 285. The molecule has 0 N–H and O–H groups in total. The third-order valence-corrected chi connectivity index (χ3v) is 8.65. The van der Waals surface area contributed by atoms with E-state index in [4.69, 9.17) is 9.16 Å². The highest BCUT2D eigenvalue weighted by atomic mass is 28.4. The van der Waals surface area contributed by atoms with Gasteiger partial charge in [0, 0.05) is 12.2 Å². The van der Waals surface area contributed by atoms with E-state index >= 15 is 0 Å². The van der Waals surface area contributed by atoms with Crippen molar-refractivity contribution in [3.8, 4) is 0 Å². The van der Waals surface area contributed by atoms with Crippen molar-refractivity contribution in [2.45, 2.75) is 78.1 Å². The summed E-state index contributed by atoms with van der Waals surface area (Å²) < 4.78 is 12.0. The number of ether oxygens (including phenoxy) is 1. The van der Waals surface area contributed by atoms with Crippen molar-refractivity contribution in [2.24, 2.45) is 0 Å². The number of hydrogen-bond acceptors (Lipinski definition) is 3. The fourth-order valence-corrected chi connectivity index (χ4v) is 7.51. The van der Waals surface area contributed by atoms with Crippen LogP contribution < -0.4 is 0 Å². The molecule has 0 aliphatic heterocycles. The van der Waals surface area contributed by atoms with Gasteiger partial charge >= 0.3 is 5.97 Å². The van der Waals surface area contributed by atoms with Gasteiger partial charge in [0.05, 0.1) is 0 Å². The molecule has 4 heteroatoms. The second-order valence-corrected chi connectivity index (χ2v) is 9.52. The van der Waals surface area contributed by atoms with Crippen LogP contribution in [0.1, 0.15) is 60.3 Å². The van der Waals surface area contributed by atoms with Crippen LogP contribution in [-0.4, -0.2) is 26.6 Å². The zero-order valence-electron chi connectivity index (χ0n) is 14.0. The lowest BCUT2D eigenvalue weighted by Gasteiger charge is -2.37. The molecular formula is C16H32O3Si. The molecule has 0 amide bonds. The molecule has 0 radical (unpaired) electrons. The van der Waals surface area contributed by atoms with E-state index < -0.39 is 8.32 Å². The van der Waals surface area contributed by atoms with Gasteiger partial charge in [-0.25, -0.2) is 4.79 Å². The third-order valence-electron chi connectivity index (χ3n) is 3.51. The van der Waals surface area contributed by atoms with Gasteiger partial charge in [-0.05, 0) is 32.4 Å². The second-order valence-electron chi connectivity index (χ2n) is 5.46. The Balaban J connectivity index is 5.25. The Morgan fingerprint density at radius 2 is 1.65 bits per heavy atom. The van der Waals surface area contributed by atoms with Crippen LogP contribution in [0.5, 0.6) is 0 Å². The van der Waals surface area contributed by atoms with Crippen molar-refractivity contribution in [2.75, 3.05) is 6.61 Å². The van der Waals surface area contributed by atoms with Crippen molar-refractivity contribution in [3.63, 3.8) is 0 Å². The quantitative estimate of drug-likeness (QED) is 0.317. The number of rotatable bonds is 11. The van der Waals surface area contributed by atoms with Gasteiger partial charge in [-0.15, -0.1) is 0 Å². The van der Waals surface area contributed by atoms with E-state index in [9.17, 15) is 4.79 Å². The maximum atomic E-state index is 11.9. The summed E-state index contributed by atoms with van der Waals surface area (Å²) in [5.41, 5.74) is 0.426. The van der Waals surface area contributed by atoms with Gasteiger partial charge in [0.25, 0.3) is 0 Å². The highest BCUT2D eigenvalue weighted by molar-refractivity contribution is 6.75. The van der Waals surface area contributed by atoms with Crippen molar-refractivity contribution in [1.82, 2.24) is 0 Å². The first-order valence-electron chi connectivity index (χ1n) is 7.97. The van der Waals surface area contributed by atoms with Crippen LogP contribution in [0.15, 0.2) is 12.2 Å². The van der Waals surface area contributed by atoms with Crippen LogP contribution in [0, 0.1) is 0 Å². The summed E-state index contributed by atoms with van der Waals surface area (Å²) in [6, 6.07) is 2.12. The first kappa shape index (κ1) is 19.4. The van der Waals surface area contributed by atoms with Crippen LogP contribution in [0.25, 0.3) is 0 Å². The molecule has 1 unspecified atom stereocenters. The SMILES string of the molecule is C=C(C)C(=O)OC(CCC)[Si](CCC)(CCC)OCC. The molecule has 0 spiro atoms. The maximum Gasteiger partial charge on any atom is 0.333 e. The van der Waals surface area contributed by atoms with E-state index in [1.807, 2.05) is 6.92 Å². The zero-order chi connectivity index (χ0) is 15.6. The van der Waals surface area contributed by atoms with Gasteiger partial charge in [-0.1, -0.05) is 46.6 Å². The fourth-order valence-electron chi connectivity index (χ4n) is 2.74. The molecule has 118 valence electrons. The number of carbonyl (C=O) groups excluding carboxylic acids is 1. The molecule has 1 atom stereocenters. The van der Waals surface area contributed by atoms with E-state index in [-0.39, 0.29) is 11.7 Å². The minimum atomic E-state index is -2.04. The first-order chi connectivity index (χ1) is 9.47. The zero-order valence-corrected chi connectivity index (χ0v) is 15.0. The number of carbonyl (C=O) groups is 1. The molecule has 0 fully saturated rings. The molecule has 0 aromatic heterocycles. The average Bonchev–Trinajstić information content (AvgIpc) is 2.38. The van der Waals surface area contributed by atoms with Crippen molar-refractivity contribution >= 4 is 14.3 Å². The second kappa shape index (κ2) is 10.2. The normalized spacial score (nSPS) is 13.1. The minimum Gasteiger partial charge on any atom is -0.460 e. The molecule has 20 heavy (non-hydrogen) atoms. The Morgan fingerprint density at radius 1 is 1.10 bits per heavy atom. The van der Waals surface area contributed by atoms with E-state index in [0.29, 0.717) is 12.2 Å². The predicted molar refractivity (Wildman–Crippen MR) is 87.2 cm³/mol. The van der Waals surface area contributed by atoms with Gasteiger partial charge < -0.3 is 9.16 Å². The summed E-state index contributed by atoms with van der Waals surface area (Å²) in [5, 5.41) is 0. The van der Waals surface area contributed by atoms with Crippen LogP contribution in [0.3, 0.4) is 0 Å². The number of esters is 1. The molecule has 0 saturated carbocycles. The Hall–Kier alpha value is -0.613. The lowest BCUT2D eigenvalue weighted by Crippen LogP contribution is -2.52. The molecule has 0 saturated heterocycles. The smallest absolute Gasteiger partial charge is 0.333 e. The van der Waals surface area contributed by atoms with Gasteiger partial charge in [-0.3, -0.25) is 0 Å². The first-order valence-corrected chi connectivity index (χ1v) is 10.4. The fraction of sp³-hybridized carbons (Fsp3) is 0.812. The van der Waals surface area contributed by atoms with E-state index in [1.165, 1.54) is 0 Å². The van der Waals surface area contributed by atoms with Crippen molar-refractivity contribution in [3.05, 3.63) is 12.2 Å². The molecule has 3 nitrogen and oxygen atoms in total. The molecule has 0 aliphatic rings. The van der Waals surface area contributed by atoms with E-state index in [2.05, 4.69) is 27.4 Å². The maximum absolute atomic E-state index is 11.9. The lowest BCUT2D eigenvalue weighted by molar-refractivity contribution is -0.142. The summed E-state index contributed by atoms with van der Waals surface area (Å²) >= 11 is 0. The van der Waals surface area contributed by atoms with Crippen LogP contribution in [0.2, 0.25) is 12.1 Å². The molecule has 0 aromatic carbocycles. The molecule has 0 bridgehead atoms. The van der Waals surface area contributed by atoms with Gasteiger partial charge in [0.2, 0.25) is 8.32 Å². The highest BCUT2D eigenvalue weighted by Gasteiger charge is 2.43. The van der Waals surface area contributed by atoms with Gasteiger partial charge in [0.15, 0.2) is 0 Å². The summed E-state index contributed by atoms with van der Waals surface area (Å²) in [7, 11) is -2.04. The summed E-state index contributed by atoms with van der Waals surface area (Å²) in [5.74, 6) is -0.271. The van der Waals surface area contributed by atoms with Gasteiger partial charge in [0.1, 0.15) is 5.73 Å². The summed E-state index contributed by atoms with van der Waals surface area (Å²) in [4.78, 5) is 11.9. The number of hydrogen-bond donors (Lipinski definition) is 0. The van der Waals surface area contributed by atoms with Crippen LogP contribution in [-0.2, 0) is 14.0 Å². The van der Waals surface area contributed by atoms with Crippen molar-refractivity contribution in [1.29, 1.82) is 0 Å². The topological polar surface area (TPSA) is 35.5 Å². The third kappa shape index (κ3) is 5.79. The Morgan fingerprint density at radius 3 is 2.00 bits per heavy atom. The average molecular weight is 301 g/mol.